The summed E-state index contributed by atoms with van der Waals surface area (Å²) in [5.74, 6) is 1.52. The maximum Gasteiger partial charge on any atom is 0.166 e. The lowest BCUT2D eigenvalue weighted by atomic mass is 9.99. The van der Waals surface area contributed by atoms with E-state index in [0.29, 0.717) is 12.3 Å². The van der Waals surface area contributed by atoms with Crippen molar-refractivity contribution in [2.75, 3.05) is 13.2 Å². The molecule has 0 N–H and O–H groups in total. The topological polar surface area (TPSA) is 52.1 Å². The van der Waals surface area contributed by atoms with Crippen LogP contribution >= 0.6 is 0 Å². The third-order valence-electron chi connectivity index (χ3n) is 3.84. The van der Waals surface area contributed by atoms with Crippen LogP contribution in [0.1, 0.15) is 59.9 Å². The molecule has 0 bridgehead atoms. The Labute approximate surface area is 107 Å². The molecule has 4 nitrogen and oxygen atoms in total. The molecular weight excluding hydrogens is 228 g/mol. The third-order valence-corrected chi connectivity index (χ3v) is 3.84. The molecular formula is C14H18N2O2. The zero-order valence-corrected chi connectivity index (χ0v) is 10.5. The van der Waals surface area contributed by atoms with Crippen molar-refractivity contribution < 1.29 is 9.53 Å². The molecule has 4 heteroatoms. The Morgan fingerprint density at radius 2 is 1.94 bits per heavy atom. The molecule has 2 heterocycles. The van der Waals surface area contributed by atoms with Gasteiger partial charge in [0.2, 0.25) is 0 Å². The van der Waals surface area contributed by atoms with Crippen LogP contribution in [0.3, 0.4) is 0 Å². The summed E-state index contributed by atoms with van der Waals surface area (Å²) in [4.78, 5) is 21.0. The van der Waals surface area contributed by atoms with Crippen molar-refractivity contribution in [1.29, 1.82) is 0 Å². The zero-order valence-electron chi connectivity index (χ0n) is 10.5. The van der Waals surface area contributed by atoms with Crippen LogP contribution in [0.15, 0.2) is 6.20 Å². The highest BCUT2D eigenvalue weighted by molar-refractivity contribution is 5.97. The lowest BCUT2D eigenvalue weighted by Crippen LogP contribution is -2.18. The molecule has 2 aliphatic rings. The number of rotatable bonds is 1. The first-order valence-corrected chi connectivity index (χ1v) is 6.81. The number of aromatic nitrogens is 2. The first-order valence-electron chi connectivity index (χ1n) is 6.81. The highest BCUT2D eigenvalue weighted by atomic mass is 16.5. The number of Topliss-reactive ketones (excluding diaryl/α,β-unsaturated/α-hetero) is 1. The summed E-state index contributed by atoms with van der Waals surface area (Å²) in [5, 5.41) is 0. The van der Waals surface area contributed by atoms with Crippen molar-refractivity contribution in [3.8, 4) is 0 Å². The molecule has 0 amide bonds. The van der Waals surface area contributed by atoms with E-state index in [-0.39, 0.29) is 5.78 Å². The molecule has 1 aromatic heterocycles. The van der Waals surface area contributed by atoms with Crippen LogP contribution in [-0.2, 0) is 11.2 Å². The number of carbonyl (C=O) groups is 1. The van der Waals surface area contributed by atoms with Crippen LogP contribution < -0.4 is 0 Å². The summed E-state index contributed by atoms with van der Waals surface area (Å²) in [7, 11) is 0. The van der Waals surface area contributed by atoms with Gasteiger partial charge in [-0.3, -0.25) is 4.79 Å². The molecule has 18 heavy (non-hydrogen) atoms. The number of ether oxygens (including phenoxy) is 1. The van der Waals surface area contributed by atoms with Crippen LogP contribution in [0, 0.1) is 0 Å². The van der Waals surface area contributed by atoms with Crippen LogP contribution in [0.25, 0.3) is 0 Å². The van der Waals surface area contributed by atoms with E-state index >= 15 is 0 Å². The number of fused-ring (bicyclic) bond motifs is 1. The SMILES string of the molecule is O=C1CCCCc2nc(C3CCOCC3)ncc21. The maximum absolute atomic E-state index is 11.9. The van der Waals surface area contributed by atoms with Crippen LogP contribution in [0.4, 0.5) is 0 Å². The summed E-state index contributed by atoms with van der Waals surface area (Å²) in [6, 6.07) is 0. The fraction of sp³-hybridized carbons (Fsp3) is 0.643. The second-order valence-electron chi connectivity index (χ2n) is 5.11. The predicted molar refractivity (Wildman–Crippen MR) is 66.7 cm³/mol. The Bertz CT molecular complexity index is 453. The average molecular weight is 246 g/mol. The van der Waals surface area contributed by atoms with E-state index in [1.54, 1.807) is 6.20 Å². The fourth-order valence-electron chi connectivity index (χ4n) is 2.72. The van der Waals surface area contributed by atoms with Gasteiger partial charge in [0.1, 0.15) is 5.82 Å². The summed E-state index contributed by atoms with van der Waals surface area (Å²) < 4.78 is 5.36. The molecule has 0 spiro atoms. The average Bonchev–Trinajstić information content (AvgIpc) is 2.61. The van der Waals surface area contributed by atoms with Crippen LogP contribution in [0.2, 0.25) is 0 Å². The van der Waals surface area contributed by atoms with Gasteiger partial charge in [-0.1, -0.05) is 0 Å². The summed E-state index contributed by atoms with van der Waals surface area (Å²) in [5.41, 5.74) is 1.72. The minimum atomic E-state index is 0.209. The Balaban J connectivity index is 1.89. The summed E-state index contributed by atoms with van der Waals surface area (Å²) in [6.45, 7) is 1.59. The van der Waals surface area contributed by atoms with Gasteiger partial charge in [0.25, 0.3) is 0 Å². The van der Waals surface area contributed by atoms with Gasteiger partial charge >= 0.3 is 0 Å². The minimum Gasteiger partial charge on any atom is -0.381 e. The molecule has 1 aromatic rings. The monoisotopic (exact) mass is 246 g/mol. The highest BCUT2D eigenvalue weighted by Crippen LogP contribution is 2.26. The van der Waals surface area contributed by atoms with Crippen molar-refractivity contribution in [1.82, 2.24) is 9.97 Å². The number of aryl methyl sites for hydroxylation is 1. The molecule has 0 unspecified atom stereocenters. The van der Waals surface area contributed by atoms with Crippen molar-refractivity contribution in [3.05, 3.63) is 23.3 Å². The first kappa shape index (κ1) is 11.8. The van der Waals surface area contributed by atoms with Gasteiger partial charge in [-0.2, -0.15) is 0 Å². The largest absolute Gasteiger partial charge is 0.381 e. The Kier molecular flexibility index (Phi) is 3.37. The summed E-state index contributed by atoms with van der Waals surface area (Å²) in [6.07, 6.45) is 7.33. The smallest absolute Gasteiger partial charge is 0.166 e. The van der Waals surface area contributed by atoms with E-state index < -0.39 is 0 Å². The molecule has 96 valence electrons. The third kappa shape index (κ3) is 2.29. The van der Waals surface area contributed by atoms with E-state index in [9.17, 15) is 4.79 Å². The molecule has 0 radical (unpaired) electrons. The van der Waals surface area contributed by atoms with Gasteiger partial charge in [-0.05, 0) is 32.1 Å². The minimum absolute atomic E-state index is 0.209. The van der Waals surface area contributed by atoms with E-state index in [2.05, 4.69) is 9.97 Å². The molecule has 1 aliphatic carbocycles. The van der Waals surface area contributed by atoms with E-state index in [0.717, 1.165) is 62.4 Å². The first-order chi connectivity index (χ1) is 8.84. The number of nitrogens with zero attached hydrogens (tertiary/aromatic N) is 2. The Hall–Kier alpha value is -1.29. The van der Waals surface area contributed by atoms with Crippen molar-refractivity contribution >= 4 is 5.78 Å². The number of carbonyl (C=O) groups excluding carboxylic acids is 1. The lowest BCUT2D eigenvalue weighted by Gasteiger charge is -2.21. The molecule has 1 saturated heterocycles. The Morgan fingerprint density at radius 3 is 2.78 bits per heavy atom. The number of ketones is 1. The van der Waals surface area contributed by atoms with E-state index in [1.807, 2.05) is 0 Å². The second-order valence-corrected chi connectivity index (χ2v) is 5.11. The predicted octanol–water partition coefficient (Wildman–Crippen LogP) is 2.28. The molecule has 3 rings (SSSR count). The quantitative estimate of drug-likeness (QED) is 0.713. The van der Waals surface area contributed by atoms with Gasteiger partial charge in [-0.15, -0.1) is 0 Å². The van der Waals surface area contributed by atoms with Gasteiger partial charge < -0.3 is 4.74 Å². The van der Waals surface area contributed by atoms with Crippen LogP contribution in [-0.4, -0.2) is 29.0 Å². The molecule has 0 atom stereocenters. The summed E-state index contributed by atoms with van der Waals surface area (Å²) >= 11 is 0. The van der Waals surface area contributed by atoms with Gasteiger partial charge in [0, 0.05) is 31.7 Å². The normalized spacial score (nSPS) is 21.4. The van der Waals surface area contributed by atoms with Crippen molar-refractivity contribution in [3.63, 3.8) is 0 Å². The van der Waals surface area contributed by atoms with Gasteiger partial charge in [-0.25, -0.2) is 9.97 Å². The number of hydrogen-bond donors (Lipinski definition) is 0. The second kappa shape index (κ2) is 5.14. The Morgan fingerprint density at radius 1 is 1.17 bits per heavy atom. The fourth-order valence-corrected chi connectivity index (χ4v) is 2.72. The highest BCUT2D eigenvalue weighted by Gasteiger charge is 2.22. The number of hydrogen-bond acceptors (Lipinski definition) is 4. The van der Waals surface area contributed by atoms with Gasteiger partial charge in [0.15, 0.2) is 5.78 Å². The van der Waals surface area contributed by atoms with Crippen molar-refractivity contribution in [2.24, 2.45) is 0 Å². The molecule has 1 aliphatic heterocycles. The standard InChI is InChI=1S/C14H18N2O2/c17-13-4-2-1-3-12-11(13)9-15-14(16-12)10-5-7-18-8-6-10/h9-10H,1-8H2. The molecule has 0 saturated carbocycles. The van der Waals surface area contributed by atoms with Gasteiger partial charge in [0.05, 0.1) is 11.3 Å². The van der Waals surface area contributed by atoms with Crippen molar-refractivity contribution in [2.45, 2.75) is 44.4 Å². The van der Waals surface area contributed by atoms with E-state index in [1.165, 1.54) is 0 Å². The molecule has 1 fully saturated rings. The lowest BCUT2D eigenvalue weighted by molar-refractivity contribution is 0.0834. The zero-order chi connectivity index (χ0) is 12.4. The van der Waals surface area contributed by atoms with Crippen LogP contribution in [0.5, 0.6) is 0 Å². The molecule has 0 aromatic carbocycles. The van der Waals surface area contributed by atoms with E-state index in [4.69, 9.17) is 4.74 Å². The maximum atomic E-state index is 11.9.